The molecule has 0 saturated heterocycles. The van der Waals surface area contributed by atoms with Gasteiger partial charge in [0.1, 0.15) is 5.75 Å². The van der Waals surface area contributed by atoms with Gasteiger partial charge in [-0.2, -0.15) is 0 Å². The summed E-state index contributed by atoms with van der Waals surface area (Å²) >= 11 is 0. The average Bonchev–Trinajstić information content (AvgIpc) is 2.86. The van der Waals surface area contributed by atoms with Gasteiger partial charge in [-0.1, -0.05) is 48.0 Å². The second kappa shape index (κ2) is 12.1. The van der Waals surface area contributed by atoms with Gasteiger partial charge in [0.15, 0.2) is 6.61 Å². The average molecular weight is 532 g/mol. The van der Waals surface area contributed by atoms with E-state index in [1.807, 2.05) is 37.3 Å². The summed E-state index contributed by atoms with van der Waals surface area (Å²) in [6.45, 7) is 3.41. The fraction of sp³-hybridized carbons (Fsp3) is 0.240. The van der Waals surface area contributed by atoms with Gasteiger partial charge in [0.2, 0.25) is 20.0 Å². The van der Waals surface area contributed by atoms with Crippen molar-refractivity contribution in [2.45, 2.75) is 29.7 Å². The van der Waals surface area contributed by atoms with E-state index in [2.05, 4.69) is 14.8 Å². The first-order chi connectivity index (χ1) is 17.1. The molecule has 192 valence electrons. The molecule has 0 unspecified atom stereocenters. The van der Waals surface area contributed by atoms with E-state index in [0.717, 1.165) is 11.1 Å². The third-order valence-electron chi connectivity index (χ3n) is 5.21. The van der Waals surface area contributed by atoms with Crippen LogP contribution in [0, 0.1) is 6.92 Å². The molecular formula is C25H29N3O6S2. The van der Waals surface area contributed by atoms with Gasteiger partial charge in [-0.05, 0) is 55.8 Å². The maximum Gasteiger partial charge on any atom is 0.257 e. The quantitative estimate of drug-likeness (QED) is 0.308. The van der Waals surface area contributed by atoms with Gasteiger partial charge in [-0.25, -0.2) is 26.3 Å². The minimum atomic E-state index is -3.75. The number of sulfonamides is 2. The van der Waals surface area contributed by atoms with Crippen LogP contribution in [-0.4, -0.2) is 42.4 Å². The van der Waals surface area contributed by atoms with Gasteiger partial charge in [0.25, 0.3) is 5.91 Å². The van der Waals surface area contributed by atoms with Crippen LogP contribution in [0.2, 0.25) is 0 Å². The van der Waals surface area contributed by atoms with Crippen LogP contribution < -0.4 is 19.5 Å². The van der Waals surface area contributed by atoms with Gasteiger partial charge in [0, 0.05) is 19.1 Å². The van der Waals surface area contributed by atoms with Crippen LogP contribution in [0.4, 0.5) is 0 Å². The highest BCUT2D eigenvalue weighted by Gasteiger charge is 2.18. The fourth-order valence-electron chi connectivity index (χ4n) is 3.21. The molecule has 3 aromatic carbocycles. The SMILES string of the molecule is Cc1ccc(S(=O)(=O)NCCNC(=O)COc2ccc(S(=O)(=O)N[C@H](C)c3ccccc3)cc2)cc1. The minimum Gasteiger partial charge on any atom is -0.484 e. The number of benzene rings is 3. The zero-order valence-electron chi connectivity index (χ0n) is 20.0. The molecule has 9 nitrogen and oxygen atoms in total. The number of nitrogens with one attached hydrogen (secondary N) is 3. The Kier molecular flexibility index (Phi) is 9.21. The van der Waals surface area contributed by atoms with Crippen molar-refractivity contribution >= 4 is 26.0 Å². The lowest BCUT2D eigenvalue weighted by Gasteiger charge is -2.15. The molecule has 0 saturated carbocycles. The summed E-state index contributed by atoms with van der Waals surface area (Å²) in [5.74, 6) is -0.125. The fourth-order valence-corrected chi connectivity index (χ4v) is 5.48. The van der Waals surface area contributed by atoms with Crippen molar-refractivity contribution in [3.8, 4) is 5.75 Å². The lowest BCUT2D eigenvalue weighted by Crippen LogP contribution is -2.36. The zero-order chi connectivity index (χ0) is 26.2. The summed E-state index contributed by atoms with van der Waals surface area (Å²) in [4.78, 5) is 12.2. The van der Waals surface area contributed by atoms with Crippen molar-refractivity contribution in [1.82, 2.24) is 14.8 Å². The van der Waals surface area contributed by atoms with E-state index < -0.39 is 32.0 Å². The first-order valence-electron chi connectivity index (χ1n) is 11.2. The molecule has 3 aromatic rings. The number of hydrogen-bond donors (Lipinski definition) is 3. The Morgan fingerprint density at radius 2 is 1.39 bits per heavy atom. The van der Waals surface area contributed by atoms with E-state index in [9.17, 15) is 21.6 Å². The van der Waals surface area contributed by atoms with E-state index in [0.29, 0.717) is 5.75 Å². The van der Waals surface area contributed by atoms with Crippen LogP contribution >= 0.6 is 0 Å². The smallest absolute Gasteiger partial charge is 0.257 e. The molecular weight excluding hydrogens is 502 g/mol. The molecule has 0 aliphatic heterocycles. The summed E-state index contributed by atoms with van der Waals surface area (Å²) in [6.07, 6.45) is 0. The number of hydrogen-bond acceptors (Lipinski definition) is 6. The normalized spacial score (nSPS) is 12.6. The predicted molar refractivity (Wildman–Crippen MR) is 136 cm³/mol. The second-order valence-corrected chi connectivity index (χ2v) is 11.6. The van der Waals surface area contributed by atoms with Gasteiger partial charge in [-0.3, -0.25) is 4.79 Å². The molecule has 11 heteroatoms. The van der Waals surface area contributed by atoms with Gasteiger partial charge in [0.05, 0.1) is 9.79 Å². The number of ether oxygens (including phenoxy) is 1. The highest BCUT2D eigenvalue weighted by molar-refractivity contribution is 7.89. The number of aryl methyl sites for hydroxylation is 1. The number of carbonyl (C=O) groups is 1. The third kappa shape index (κ3) is 7.89. The van der Waals surface area contributed by atoms with Crippen LogP contribution in [0.15, 0.2) is 88.7 Å². The third-order valence-corrected chi connectivity index (χ3v) is 8.24. The minimum absolute atomic E-state index is 0.0168. The Labute approximate surface area is 212 Å². The first-order valence-corrected chi connectivity index (χ1v) is 14.2. The van der Waals surface area contributed by atoms with Crippen molar-refractivity contribution in [2.75, 3.05) is 19.7 Å². The highest BCUT2D eigenvalue weighted by Crippen LogP contribution is 2.19. The Bertz CT molecular complexity index is 1360. The molecule has 0 aliphatic rings. The van der Waals surface area contributed by atoms with Crippen LogP contribution in [0.3, 0.4) is 0 Å². The van der Waals surface area contributed by atoms with Gasteiger partial charge < -0.3 is 10.1 Å². The maximum absolute atomic E-state index is 12.7. The number of rotatable bonds is 12. The molecule has 0 spiro atoms. The molecule has 1 atom stereocenters. The molecule has 0 fully saturated rings. The van der Waals surface area contributed by atoms with E-state index in [4.69, 9.17) is 4.74 Å². The second-order valence-electron chi connectivity index (χ2n) is 8.07. The van der Waals surface area contributed by atoms with Crippen molar-refractivity contribution in [3.63, 3.8) is 0 Å². The van der Waals surface area contributed by atoms with Gasteiger partial charge in [-0.15, -0.1) is 0 Å². The molecule has 0 bridgehead atoms. The standard InChI is InChI=1S/C25H29N3O6S2/c1-19-8-12-23(13-9-19)35(30,31)27-17-16-26-25(29)18-34-22-10-14-24(15-11-22)36(32,33)28-20(2)21-6-4-3-5-7-21/h3-15,20,27-28H,16-18H2,1-2H3,(H,26,29)/t20-/m1/s1. The van der Waals surface area contributed by atoms with Crippen LogP contribution in [0.1, 0.15) is 24.1 Å². The number of amides is 1. The Morgan fingerprint density at radius 3 is 2.03 bits per heavy atom. The van der Waals surface area contributed by atoms with Crippen molar-refractivity contribution in [3.05, 3.63) is 90.0 Å². The van der Waals surface area contributed by atoms with E-state index in [1.165, 1.54) is 36.4 Å². The van der Waals surface area contributed by atoms with Crippen molar-refractivity contribution in [2.24, 2.45) is 0 Å². The predicted octanol–water partition coefficient (Wildman–Crippen LogP) is 2.51. The first kappa shape index (κ1) is 27.3. The molecule has 36 heavy (non-hydrogen) atoms. The van der Waals surface area contributed by atoms with Gasteiger partial charge >= 0.3 is 0 Å². The maximum atomic E-state index is 12.7. The summed E-state index contributed by atoms with van der Waals surface area (Å²) in [5, 5.41) is 2.56. The Balaban J connectivity index is 1.42. The van der Waals surface area contributed by atoms with E-state index >= 15 is 0 Å². The highest BCUT2D eigenvalue weighted by atomic mass is 32.2. The molecule has 0 aromatic heterocycles. The van der Waals surface area contributed by atoms with Crippen LogP contribution in [0.5, 0.6) is 5.75 Å². The zero-order valence-corrected chi connectivity index (χ0v) is 21.6. The molecule has 1 amide bonds. The summed E-state index contributed by atoms with van der Waals surface area (Å²) in [7, 11) is -7.40. The van der Waals surface area contributed by atoms with Crippen LogP contribution in [0.25, 0.3) is 0 Å². The monoisotopic (exact) mass is 531 g/mol. The molecule has 3 N–H and O–H groups in total. The Morgan fingerprint density at radius 1 is 0.806 bits per heavy atom. The van der Waals surface area contributed by atoms with Crippen LogP contribution in [-0.2, 0) is 24.8 Å². The molecule has 0 heterocycles. The molecule has 0 radical (unpaired) electrons. The Hall–Kier alpha value is -3.25. The lowest BCUT2D eigenvalue weighted by molar-refractivity contribution is -0.123. The van der Waals surface area contributed by atoms with E-state index in [1.54, 1.807) is 19.1 Å². The summed E-state index contributed by atoms with van der Waals surface area (Å²) in [6, 6.07) is 21.0. The van der Waals surface area contributed by atoms with Crippen molar-refractivity contribution in [1.29, 1.82) is 0 Å². The largest absolute Gasteiger partial charge is 0.484 e. The summed E-state index contributed by atoms with van der Waals surface area (Å²) in [5.41, 5.74) is 1.79. The lowest BCUT2D eigenvalue weighted by atomic mass is 10.1. The topological polar surface area (TPSA) is 131 Å². The number of carbonyl (C=O) groups excluding carboxylic acids is 1. The molecule has 3 rings (SSSR count). The summed E-state index contributed by atoms with van der Waals surface area (Å²) < 4.78 is 60.2. The van der Waals surface area contributed by atoms with E-state index in [-0.39, 0.29) is 29.5 Å². The molecule has 0 aliphatic carbocycles. The van der Waals surface area contributed by atoms with Crippen molar-refractivity contribution < 1.29 is 26.4 Å².